The van der Waals surface area contributed by atoms with Crippen LogP contribution in [0.25, 0.3) is 0 Å². The molecule has 0 spiro atoms. The SMILES string of the molecule is NCCNCc1ccoc1Cl. The van der Waals surface area contributed by atoms with Crippen molar-refractivity contribution < 1.29 is 4.42 Å². The molecule has 0 bridgehead atoms. The van der Waals surface area contributed by atoms with E-state index < -0.39 is 0 Å². The average molecular weight is 175 g/mol. The maximum atomic E-state index is 5.68. The molecule has 0 aliphatic heterocycles. The van der Waals surface area contributed by atoms with Crippen LogP contribution in [0.15, 0.2) is 16.7 Å². The third kappa shape index (κ3) is 2.54. The van der Waals surface area contributed by atoms with Crippen molar-refractivity contribution in [3.05, 3.63) is 23.1 Å². The summed E-state index contributed by atoms with van der Waals surface area (Å²) >= 11 is 5.68. The topological polar surface area (TPSA) is 51.2 Å². The van der Waals surface area contributed by atoms with Gasteiger partial charge >= 0.3 is 0 Å². The molecule has 1 rings (SSSR count). The summed E-state index contributed by atoms with van der Waals surface area (Å²) in [5.41, 5.74) is 6.26. The van der Waals surface area contributed by atoms with Crippen molar-refractivity contribution >= 4 is 11.6 Å². The van der Waals surface area contributed by atoms with Crippen molar-refractivity contribution in [2.24, 2.45) is 5.73 Å². The van der Waals surface area contributed by atoms with Crippen LogP contribution in [0.4, 0.5) is 0 Å². The molecule has 0 saturated carbocycles. The van der Waals surface area contributed by atoms with Gasteiger partial charge in [-0.05, 0) is 17.7 Å². The first-order chi connectivity index (χ1) is 5.34. The number of hydrogen-bond acceptors (Lipinski definition) is 3. The van der Waals surface area contributed by atoms with Crippen LogP contribution in [0.3, 0.4) is 0 Å². The van der Waals surface area contributed by atoms with Crippen molar-refractivity contribution in [1.29, 1.82) is 0 Å². The molecule has 0 atom stereocenters. The first kappa shape index (κ1) is 8.59. The first-order valence-corrected chi connectivity index (χ1v) is 3.85. The quantitative estimate of drug-likeness (QED) is 0.670. The number of halogens is 1. The summed E-state index contributed by atoms with van der Waals surface area (Å²) in [6.45, 7) is 2.14. The zero-order valence-corrected chi connectivity index (χ0v) is 6.90. The third-order valence-electron chi connectivity index (χ3n) is 1.33. The second kappa shape index (κ2) is 4.38. The maximum absolute atomic E-state index is 5.68. The Morgan fingerprint density at radius 3 is 3.00 bits per heavy atom. The molecule has 0 saturated heterocycles. The molecule has 0 amide bonds. The monoisotopic (exact) mass is 174 g/mol. The highest BCUT2D eigenvalue weighted by Crippen LogP contribution is 2.15. The summed E-state index contributed by atoms with van der Waals surface area (Å²) in [4.78, 5) is 0. The van der Waals surface area contributed by atoms with Gasteiger partial charge in [0.25, 0.3) is 0 Å². The molecule has 1 aromatic heterocycles. The number of hydrogen-bond donors (Lipinski definition) is 2. The van der Waals surface area contributed by atoms with E-state index in [2.05, 4.69) is 5.32 Å². The van der Waals surface area contributed by atoms with Gasteiger partial charge in [-0.3, -0.25) is 0 Å². The van der Waals surface area contributed by atoms with Crippen LogP contribution in [0.1, 0.15) is 5.56 Å². The van der Waals surface area contributed by atoms with Crippen LogP contribution >= 0.6 is 11.6 Å². The Bertz CT molecular complexity index is 212. The minimum atomic E-state index is 0.453. The van der Waals surface area contributed by atoms with Crippen molar-refractivity contribution in [3.63, 3.8) is 0 Å². The standard InChI is InChI=1S/C7H11ClN2O/c8-7-6(1-4-11-7)5-10-3-2-9/h1,4,10H,2-3,5,9H2. The van der Waals surface area contributed by atoms with Crippen molar-refractivity contribution in [2.75, 3.05) is 13.1 Å². The van der Waals surface area contributed by atoms with Crippen LogP contribution in [-0.2, 0) is 6.54 Å². The van der Waals surface area contributed by atoms with E-state index in [9.17, 15) is 0 Å². The predicted octanol–water partition coefficient (Wildman–Crippen LogP) is 0.981. The van der Waals surface area contributed by atoms with Crippen LogP contribution < -0.4 is 11.1 Å². The predicted molar refractivity (Wildman–Crippen MR) is 44.5 cm³/mol. The van der Waals surface area contributed by atoms with Gasteiger partial charge in [0.2, 0.25) is 0 Å². The summed E-state index contributed by atoms with van der Waals surface area (Å²) in [5, 5.41) is 3.56. The van der Waals surface area contributed by atoms with Gasteiger partial charge in [-0.2, -0.15) is 0 Å². The van der Waals surface area contributed by atoms with E-state index in [1.54, 1.807) is 6.26 Å². The van der Waals surface area contributed by atoms with E-state index in [0.717, 1.165) is 12.1 Å². The normalized spacial score (nSPS) is 10.4. The lowest BCUT2D eigenvalue weighted by atomic mass is 10.3. The van der Waals surface area contributed by atoms with Crippen LogP contribution in [0, 0.1) is 0 Å². The summed E-state index contributed by atoms with van der Waals surface area (Å²) < 4.78 is 4.89. The molecule has 3 nitrogen and oxygen atoms in total. The minimum Gasteiger partial charge on any atom is -0.453 e. The van der Waals surface area contributed by atoms with E-state index in [4.69, 9.17) is 21.8 Å². The molecule has 1 heterocycles. The maximum Gasteiger partial charge on any atom is 0.197 e. The van der Waals surface area contributed by atoms with Crippen LogP contribution in [-0.4, -0.2) is 13.1 Å². The van der Waals surface area contributed by atoms with Gasteiger partial charge < -0.3 is 15.5 Å². The zero-order valence-electron chi connectivity index (χ0n) is 6.14. The first-order valence-electron chi connectivity index (χ1n) is 3.47. The van der Waals surface area contributed by atoms with Crippen molar-refractivity contribution in [3.8, 4) is 0 Å². The molecule has 3 N–H and O–H groups in total. The highest BCUT2D eigenvalue weighted by molar-refractivity contribution is 6.29. The molecule has 0 aromatic carbocycles. The Morgan fingerprint density at radius 2 is 2.45 bits per heavy atom. The van der Waals surface area contributed by atoms with Gasteiger partial charge in [-0.25, -0.2) is 0 Å². The van der Waals surface area contributed by atoms with Crippen LogP contribution in [0.2, 0.25) is 5.22 Å². The van der Waals surface area contributed by atoms with Gasteiger partial charge in [0.15, 0.2) is 5.22 Å². The highest BCUT2D eigenvalue weighted by atomic mass is 35.5. The molecule has 0 aliphatic rings. The number of furan rings is 1. The Morgan fingerprint density at radius 1 is 1.64 bits per heavy atom. The Kier molecular flexibility index (Phi) is 3.42. The number of nitrogens with one attached hydrogen (secondary N) is 1. The van der Waals surface area contributed by atoms with E-state index >= 15 is 0 Å². The number of nitrogens with two attached hydrogens (primary N) is 1. The zero-order chi connectivity index (χ0) is 8.10. The van der Waals surface area contributed by atoms with E-state index in [1.165, 1.54) is 0 Å². The summed E-state index contributed by atoms with van der Waals surface area (Å²) in [6, 6.07) is 1.84. The van der Waals surface area contributed by atoms with Gasteiger partial charge in [0, 0.05) is 25.2 Å². The fourth-order valence-electron chi connectivity index (χ4n) is 0.771. The minimum absolute atomic E-state index is 0.453. The van der Waals surface area contributed by atoms with Crippen molar-refractivity contribution in [2.45, 2.75) is 6.54 Å². The number of rotatable bonds is 4. The molecule has 0 radical (unpaired) electrons. The molecule has 4 heteroatoms. The second-order valence-corrected chi connectivity index (χ2v) is 2.53. The van der Waals surface area contributed by atoms with Crippen molar-refractivity contribution in [1.82, 2.24) is 5.32 Å². The smallest absolute Gasteiger partial charge is 0.197 e. The molecule has 1 aromatic rings. The second-order valence-electron chi connectivity index (χ2n) is 2.18. The lowest BCUT2D eigenvalue weighted by Gasteiger charge is -1.98. The van der Waals surface area contributed by atoms with E-state index in [0.29, 0.717) is 18.3 Å². The highest BCUT2D eigenvalue weighted by Gasteiger charge is 2.00. The Hall–Kier alpha value is -0.510. The summed E-state index contributed by atoms with van der Waals surface area (Å²) in [7, 11) is 0. The molecule has 0 aliphatic carbocycles. The molecular formula is C7H11ClN2O. The molecular weight excluding hydrogens is 164 g/mol. The average Bonchev–Trinajstić information content (AvgIpc) is 2.37. The summed E-state index contributed by atoms with van der Waals surface area (Å²) in [6.07, 6.45) is 1.57. The molecule has 0 unspecified atom stereocenters. The van der Waals surface area contributed by atoms with Gasteiger partial charge in [-0.15, -0.1) is 0 Å². The van der Waals surface area contributed by atoms with E-state index in [-0.39, 0.29) is 0 Å². The van der Waals surface area contributed by atoms with Gasteiger partial charge in [-0.1, -0.05) is 0 Å². The van der Waals surface area contributed by atoms with Gasteiger partial charge in [0.05, 0.1) is 6.26 Å². The molecule has 0 fully saturated rings. The Balaban J connectivity index is 2.32. The van der Waals surface area contributed by atoms with E-state index in [1.807, 2.05) is 6.07 Å². The molecule has 62 valence electrons. The van der Waals surface area contributed by atoms with Gasteiger partial charge in [0.1, 0.15) is 0 Å². The largest absolute Gasteiger partial charge is 0.453 e. The third-order valence-corrected chi connectivity index (χ3v) is 1.66. The van der Waals surface area contributed by atoms with Crippen LogP contribution in [0.5, 0.6) is 0 Å². The molecule has 11 heavy (non-hydrogen) atoms. The fraction of sp³-hybridized carbons (Fsp3) is 0.429. The fourth-order valence-corrected chi connectivity index (χ4v) is 0.952. The lowest BCUT2D eigenvalue weighted by molar-refractivity contribution is 0.563. The lowest BCUT2D eigenvalue weighted by Crippen LogP contribution is -2.21. The summed E-state index contributed by atoms with van der Waals surface area (Å²) in [5.74, 6) is 0. The Labute approximate surface area is 70.5 Å².